The number of halogens is 3. The van der Waals surface area contributed by atoms with Gasteiger partial charge in [0.15, 0.2) is 0 Å². The Morgan fingerprint density at radius 1 is 1.00 bits per heavy atom. The molecule has 0 unspecified atom stereocenters. The first kappa shape index (κ1) is 15.2. The lowest BCUT2D eigenvalue weighted by molar-refractivity contribution is 0.712. The van der Waals surface area contributed by atoms with E-state index in [4.69, 9.17) is 34.8 Å². The van der Waals surface area contributed by atoms with Crippen LogP contribution in [0.3, 0.4) is 0 Å². The molecule has 0 aliphatic carbocycles. The van der Waals surface area contributed by atoms with Gasteiger partial charge in [-0.15, -0.1) is 0 Å². The van der Waals surface area contributed by atoms with E-state index in [2.05, 4.69) is 4.98 Å². The average Bonchev–Trinajstić information content (AvgIpc) is 2.42. The predicted molar refractivity (Wildman–Crippen MR) is 89.4 cm³/mol. The second-order valence-corrected chi connectivity index (χ2v) is 6.04. The zero-order valence-corrected chi connectivity index (χ0v) is 13.3. The van der Waals surface area contributed by atoms with Crippen molar-refractivity contribution in [3.63, 3.8) is 0 Å². The van der Waals surface area contributed by atoms with Crippen LogP contribution in [0.2, 0.25) is 15.1 Å². The Hall–Kier alpha value is -1.75. The molecule has 3 rings (SSSR count). The molecule has 0 saturated carbocycles. The van der Waals surface area contributed by atoms with Gasteiger partial charge < -0.3 is 4.98 Å². The van der Waals surface area contributed by atoms with Crippen LogP contribution in [0.4, 0.5) is 0 Å². The molecule has 0 aliphatic rings. The second kappa shape index (κ2) is 5.80. The Kier molecular flexibility index (Phi) is 4.00. The van der Waals surface area contributed by atoms with Gasteiger partial charge in [0.2, 0.25) is 0 Å². The molecule has 3 aromatic rings. The maximum atomic E-state index is 12.6. The molecular weight excluding hydrogens is 347 g/mol. The van der Waals surface area contributed by atoms with Crippen molar-refractivity contribution in [3.8, 4) is 0 Å². The van der Waals surface area contributed by atoms with Crippen molar-refractivity contribution in [2.24, 2.45) is 0 Å². The second-order valence-electron chi connectivity index (χ2n) is 4.76. The highest BCUT2D eigenvalue weighted by Crippen LogP contribution is 2.23. The van der Waals surface area contributed by atoms with Gasteiger partial charge in [0, 0.05) is 10.0 Å². The molecule has 22 heavy (non-hydrogen) atoms. The lowest BCUT2D eigenvalue weighted by Gasteiger charge is -2.08. The van der Waals surface area contributed by atoms with Crippen LogP contribution in [-0.2, 0) is 6.54 Å². The van der Waals surface area contributed by atoms with Crippen LogP contribution in [0.1, 0.15) is 5.56 Å². The monoisotopic (exact) mass is 354 g/mol. The summed E-state index contributed by atoms with van der Waals surface area (Å²) in [4.78, 5) is 27.3. The van der Waals surface area contributed by atoms with E-state index in [-0.39, 0.29) is 17.0 Å². The lowest BCUT2D eigenvalue weighted by atomic mass is 10.2. The molecule has 2 aromatic carbocycles. The Balaban J connectivity index is 2.23. The Labute approximate surface area is 139 Å². The summed E-state index contributed by atoms with van der Waals surface area (Å²) in [7, 11) is 0. The highest BCUT2D eigenvalue weighted by molar-refractivity contribution is 6.38. The van der Waals surface area contributed by atoms with Crippen LogP contribution in [0.5, 0.6) is 0 Å². The number of nitrogens with zero attached hydrogens (tertiary/aromatic N) is 1. The number of benzene rings is 2. The van der Waals surface area contributed by atoms with Gasteiger partial charge in [0.25, 0.3) is 5.56 Å². The molecule has 0 atom stereocenters. The maximum Gasteiger partial charge on any atom is 0.329 e. The molecule has 4 nitrogen and oxygen atoms in total. The summed E-state index contributed by atoms with van der Waals surface area (Å²) in [5.41, 5.74) is 0.0515. The summed E-state index contributed by atoms with van der Waals surface area (Å²) in [5.74, 6) is 0. The number of H-pyrrole nitrogens is 1. The summed E-state index contributed by atoms with van der Waals surface area (Å²) < 4.78 is 1.08. The molecule has 0 saturated heterocycles. The van der Waals surface area contributed by atoms with Gasteiger partial charge in [-0.3, -0.25) is 9.36 Å². The third-order valence-corrected chi connectivity index (χ3v) is 3.98. The van der Waals surface area contributed by atoms with E-state index < -0.39 is 11.2 Å². The van der Waals surface area contributed by atoms with E-state index in [1.165, 1.54) is 12.1 Å². The minimum Gasteiger partial charge on any atom is -0.307 e. The first-order valence-corrected chi connectivity index (χ1v) is 7.45. The highest BCUT2D eigenvalue weighted by atomic mass is 35.5. The van der Waals surface area contributed by atoms with Crippen LogP contribution >= 0.6 is 34.8 Å². The molecular formula is C15H9Cl3N2O2. The van der Waals surface area contributed by atoms with Crippen molar-refractivity contribution in [1.29, 1.82) is 0 Å². The Morgan fingerprint density at radius 2 is 1.77 bits per heavy atom. The van der Waals surface area contributed by atoms with Crippen LogP contribution in [0.25, 0.3) is 10.9 Å². The molecule has 1 N–H and O–H groups in total. The van der Waals surface area contributed by atoms with E-state index in [0.717, 1.165) is 10.1 Å². The number of hydrogen-bond acceptors (Lipinski definition) is 2. The average molecular weight is 356 g/mol. The Morgan fingerprint density at radius 3 is 2.50 bits per heavy atom. The minimum atomic E-state index is -0.532. The van der Waals surface area contributed by atoms with Crippen LogP contribution in [0.15, 0.2) is 46.0 Å². The predicted octanol–water partition coefficient (Wildman–Crippen LogP) is 3.70. The SMILES string of the molecule is O=c1[nH]c2cc(Cl)cc(Cl)c2c(=O)n1Cc1cccc(Cl)c1. The number of fused-ring (bicyclic) bond motifs is 1. The zero-order valence-electron chi connectivity index (χ0n) is 11.1. The van der Waals surface area contributed by atoms with Crippen molar-refractivity contribution in [2.45, 2.75) is 6.54 Å². The summed E-state index contributed by atoms with van der Waals surface area (Å²) in [6.07, 6.45) is 0. The fraction of sp³-hybridized carbons (Fsp3) is 0.0667. The van der Waals surface area contributed by atoms with E-state index >= 15 is 0 Å². The van der Waals surface area contributed by atoms with E-state index in [1.54, 1.807) is 24.3 Å². The van der Waals surface area contributed by atoms with Crippen molar-refractivity contribution in [1.82, 2.24) is 9.55 Å². The van der Waals surface area contributed by atoms with Crippen molar-refractivity contribution >= 4 is 45.7 Å². The highest BCUT2D eigenvalue weighted by Gasteiger charge is 2.12. The van der Waals surface area contributed by atoms with E-state index in [9.17, 15) is 9.59 Å². The van der Waals surface area contributed by atoms with Gasteiger partial charge in [-0.05, 0) is 29.8 Å². The van der Waals surface area contributed by atoms with Crippen molar-refractivity contribution < 1.29 is 0 Å². The van der Waals surface area contributed by atoms with E-state index in [1.807, 2.05) is 0 Å². The molecule has 0 spiro atoms. The van der Waals surface area contributed by atoms with Gasteiger partial charge in [-0.2, -0.15) is 0 Å². The molecule has 0 fully saturated rings. The van der Waals surface area contributed by atoms with Gasteiger partial charge in [0.1, 0.15) is 0 Å². The van der Waals surface area contributed by atoms with E-state index in [0.29, 0.717) is 15.6 Å². The summed E-state index contributed by atoms with van der Waals surface area (Å²) >= 11 is 17.9. The summed E-state index contributed by atoms with van der Waals surface area (Å²) in [6, 6.07) is 9.92. The van der Waals surface area contributed by atoms with Gasteiger partial charge in [-0.1, -0.05) is 46.9 Å². The van der Waals surface area contributed by atoms with Gasteiger partial charge in [0.05, 0.1) is 22.5 Å². The third-order valence-electron chi connectivity index (χ3n) is 3.23. The standard InChI is InChI=1S/C15H9Cl3N2O2/c16-9-3-1-2-8(4-9)7-20-14(21)13-11(18)5-10(17)6-12(13)19-15(20)22/h1-6H,7H2,(H,19,22). The first-order valence-electron chi connectivity index (χ1n) is 6.32. The third kappa shape index (κ3) is 2.77. The molecule has 0 aliphatic heterocycles. The quantitative estimate of drug-likeness (QED) is 0.762. The summed E-state index contributed by atoms with van der Waals surface area (Å²) in [5, 5.41) is 1.31. The Bertz CT molecular complexity index is 992. The number of aromatic amines is 1. The fourth-order valence-electron chi connectivity index (χ4n) is 2.26. The van der Waals surface area contributed by atoms with Crippen LogP contribution < -0.4 is 11.2 Å². The lowest BCUT2D eigenvalue weighted by Crippen LogP contribution is -2.35. The normalized spacial score (nSPS) is 11.0. The fourth-order valence-corrected chi connectivity index (χ4v) is 3.05. The molecule has 0 bridgehead atoms. The van der Waals surface area contributed by atoms with Crippen molar-refractivity contribution in [3.05, 3.63) is 77.9 Å². The molecule has 112 valence electrons. The molecule has 1 aromatic heterocycles. The number of nitrogens with one attached hydrogen (secondary N) is 1. The maximum absolute atomic E-state index is 12.6. The van der Waals surface area contributed by atoms with Crippen LogP contribution in [-0.4, -0.2) is 9.55 Å². The molecule has 0 amide bonds. The topological polar surface area (TPSA) is 54.9 Å². The zero-order chi connectivity index (χ0) is 15.9. The van der Waals surface area contributed by atoms with Crippen LogP contribution in [0, 0.1) is 0 Å². The largest absolute Gasteiger partial charge is 0.329 e. The smallest absolute Gasteiger partial charge is 0.307 e. The van der Waals surface area contributed by atoms with Gasteiger partial charge >= 0.3 is 5.69 Å². The minimum absolute atomic E-state index is 0.101. The first-order chi connectivity index (χ1) is 10.5. The number of hydrogen-bond donors (Lipinski definition) is 1. The molecule has 0 radical (unpaired) electrons. The number of aromatic nitrogens is 2. The summed E-state index contributed by atoms with van der Waals surface area (Å²) in [6.45, 7) is 0.101. The molecule has 7 heteroatoms. The number of rotatable bonds is 2. The van der Waals surface area contributed by atoms with Gasteiger partial charge in [-0.25, -0.2) is 4.79 Å². The molecule has 1 heterocycles. The van der Waals surface area contributed by atoms with Crippen molar-refractivity contribution in [2.75, 3.05) is 0 Å².